The molecule has 0 aliphatic heterocycles. The first-order chi connectivity index (χ1) is 10.1. The maximum absolute atomic E-state index is 12.0. The van der Waals surface area contributed by atoms with Gasteiger partial charge < -0.3 is 9.84 Å². The first-order valence-electron chi connectivity index (χ1n) is 6.08. The summed E-state index contributed by atoms with van der Waals surface area (Å²) in [6.45, 7) is 0. The highest BCUT2D eigenvalue weighted by Crippen LogP contribution is 2.22. The van der Waals surface area contributed by atoms with Crippen molar-refractivity contribution in [3.63, 3.8) is 0 Å². The summed E-state index contributed by atoms with van der Waals surface area (Å²) in [5, 5.41) is 11.8. The number of fused-ring (bicyclic) bond motifs is 1. The molecule has 0 saturated heterocycles. The molecule has 7 heteroatoms. The second-order valence-electron chi connectivity index (χ2n) is 4.38. The van der Waals surface area contributed by atoms with E-state index in [0.717, 1.165) is 16.3 Å². The van der Waals surface area contributed by atoms with Crippen LogP contribution >= 0.6 is 0 Å². The normalized spacial score (nSPS) is 10.7. The van der Waals surface area contributed by atoms with Crippen LogP contribution in [0, 0.1) is 0 Å². The second kappa shape index (κ2) is 4.78. The van der Waals surface area contributed by atoms with E-state index < -0.39 is 11.5 Å². The molecule has 2 aromatic heterocycles. The first-order valence-corrected chi connectivity index (χ1v) is 6.08. The van der Waals surface area contributed by atoms with Gasteiger partial charge in [-0.2, -0.15) is 0 Å². The third-order valence-corrected chi connectivity index (χ3v) is 3.11. The van der Waals surface area contributed by atoms with Crippen molar-refractivity contribution >= 4 is 11.6 Å². The van der Waals surface area contributed by atoms with Crippen molar-refractivity contribution in [3.05, 3.63) is 52.4 Å². The highest BCUT2D eigenvalue weighted by molar-refractivity contribution is 5.87. The fourth-order valence-corrected chi connectivity index (χ4v) is 2.05. The zero-order chi connectivity index (χ0) is 15.0. The summed E-state index contributed by atoms with van der Waals surface area (Å²) in [6.07, 6.45) is 1.06. The SMILES string of the molecule is COc1cccc(-c2cc3ncc(C(=O)O)c(=O)n3[nH]2)c1. The number of nitrogens with zero attached hydrogens (tertiary/aromatic N) is 2. The molecule has 1 aromatic carbocycles. The Hall–Kier alpha value is -3.09. The molecule has 0 spiro atoms. The van der Waals surface area contributed by atoms with Gasteiger partial charge in [0.1, 0.15) is 11.3 Å². The number of aromatic amines is 1. The van der Waals surface area contributed by atoms with Gasteiger partial charge in [0.25, 0.3) is 5.56 Å². The van der Waals surface area contributed by atoms with Gasteiger partial charge in [-0.05, 0) is 12.1 Å². The predicted molar refractivity (Wildman–Crippen MR) is 74.8 cm³/mol. The maximum Gasteiger partial charge on any atom is 0.343 e. The average Bonchev–Trinajstić information content (AvgIpc) is 2.92. The maximum atomic E-state index is 12.0. The molecule has 0 bridgehead atoms. The Kier molecular flexibility index (Phi) is 2.94. The predicted octanol–water partition coefficient (Wildman–Crippen LogP) is 1.40. The van der Waals surface area contributed by atoms with E-state index in [4.69, 9.17) is 9.84 Å². The Morgan fingerprint density at radius 1 is 1.38 bits per heavy atom. The van der Waals surface area contributed by atoms with Gasteiger partial charge in [-0.3, -0.25) is 9.89 Å². The third-order valence-electron chi connectivity index (χ3n) is 3.11. The Balaban J connectivity index is 2.19. The lowest BCUT2D eigenvalue weighted by Crippen LogP contribution is -2.22. The Morgan fingerprint density at radius 3 is 2.90 bits per heavy atom. The summed E-state index contributed by atoms with van der Waals surface area (Å²) in [5.41, 5.74) is 0.758. The Morgan fingerprint density at radius 2 is 2.19 bits per heavy atom. The van der Waals surface area contributed by atoms with Crippen LogP contribution in [0.2, 0.25) is 0 Å². The molecule has 7 nitrogen and oxygen atoms in total. The quantitative estimate of drug-likeness (QED) is 0.758. The van der Waals surface area contributed by atoms with Crippen molar-refractivity contribution < 1.29 is 14.6 Å². The van der Waals surface area contributed by atoms with E-state index in [1.54, 1.807) is 25.3 Å². The number of benzene rings is 1. The van der Waals surface area contributed by atoms with Crippen LogP contribution in [-0.2, 0) is 0 Å². The average molecular weight is 285 g/mol. The molecule has 0 radical (unpaired) electrons. The van der Waals surface area contributed by atoms with E-state index in [2.05, 4.69) is 10.1 Å². The number of aromatic carboxylic acids is 1. The van der Waals surface area contributed by atoms with E-state index in [1.165, 1.54) is 0 Å². The molecular formula is C14H11N3O4. The van der Waals surface area contributed by atoms with Crippen molar-refractivity contribution in [2.75, 3.05) is 7.11 Å². The van der Waals surface area contributed by atoms with Crippen molar-refractivity contribution in [2.45, 2.75) is 0 Å². The van der Waals surface area contributed by atoms with E-state index in [9.17, 15) is 9.59 Å². The number of carboxylic acid groups (broad SMARTS) is 1. The van der Waals surface area contributed by atoms with E-state index >= 15 is 0 Å². The number of hydrogen-bond donors (Lipinski definition) is 2. The number of ether oxygens (including phenoxy) is 1. The van der Waals surface area contributed by atoms with Crippen LogP contribution in [0.4, 0.5) is 0 Å². The van der Waals surface area contributed by atoms with Crippen molar-refractivity contribution in [1.29, 1.82) is 0 Å². The van der Waals surface area contributed by atoms with Gasteiger partial charge in [-0.25, -0.2) is 14.3 Å². The molecule has 106 valence electrons. The summed E-state index contributed by atoms with van der Waals surface area (Å²) in [5.74, 6) is -0.628. The minimum atomic E-state index is -1.31. The molecule has 0 aliphatic carbocycles. The minimum Gasteiger partial charge on any atom is -0.497 e. The summed E-state index contributed by atoms with van der Waals surface area (Å²) < 4.78 is 6.26. The molecule has 3 aromatic rings. The molecule has 0 amide bonds. The zero-order valence-electron chi connectivity index (χ0n) is 11.0. The van der Waals surface area contributed by atoms with Gasteiger partial charge in [0.15, 0.2) is 5.65 Å². The molecule has 0 fully saturated rings. The number of aromatic nitrogens is 3. The van der Waals surface area contributed by atoms with E-state index in [-0.39, 0.29) is 5.56 Å². The third kappa shape index (κ3) is 2.14. The van der Waals surface area contributed by atoms with Crippen LogP contribution in [0.3, 0.4) is 0 Å². The molecular weight excluding hydrogens is 274 g/mol. The number of H-pyrrole nitrogens is 1. The van der Waals surface area contributed by atoms with Gasteiger partial charge in [-0.1, -0.05) is 12.1 Å². The largest absolute Gasteiger partial charge is 0.497 e. The first kappa shape index (κ1) is 12.9. The lowest BCUT2D eigenvalue weighted by atomic mass is 10.1. The van der Waals surface area contributed by atoms with Crippen LogP contribution in [0.15, 0.2) is 41.3 Å². The van der Waals surface area contributed by atoms with E-state index in [0.29, 0.717) is 17.1 Å². The molecule has 0 unspecified atom stereocenters. The molecule has 2 N–H and O–H groups in total. The molecule has 0 saturated carbocycles. The van der Waals surface area contributed by atoms with Crippen LogP contribution < -0.4 is 10.3 Å². The van der Waals surface area contributed by atoms with Gasteiger partial charge >= 0.3 is 5.97 Å². The number of carboxylic acids is 1. The molecule has 0 atom stereocenters. The van der Waals surface area contributed by atoms with Crippen LogP contribution in [-0.4, -0.2) is 32.8 Å². The number of carbonyl (C=O) groups is 1. The fourth-order valence-electron chi connectivity index (χ4n) is 2.05. The summed E-state index contributed by atoms with van der Waals surface area (Å²) in [7, 11) is 1.56. The van der Waals surface area contributed by atoms with Crippen LogP contribution in [0.25, 0.3) is 16.9 Å². The monoisotopic (exact) mass is 285 g/mol. The van der Waals surface area contributed by atoms with Crippen molar-refractivity contribution in [2.24, 2.45) is 0 Å². The number of rotatable bonds is 3. The summed E-state index contributed by atoms with van der Waals surface area (Å²) >= 11 is 0. The van der Waals surface area contributed by atoms with Crippen LogP contribution in [0.1, 0.15) is 10.4 Å². The molecule has 0 aliphatic rings. The standard InChI is InChI=1S/C14H11N3O4/c1-21-9-4-2-3-8(5-9)11-6-12-15-7-10(14(19)20)13(18)17(12)16-11/h2-7,16H,1H3,(H,19,20). The van der Waals surface area contributed by atoms with Crippen molar-refractivity contribution in [3.8, 4) is 17.0 Å². The summed E-state index contributed by atoms with van der Waals surface area (Å²) in [6, 6.07) is 8.93. The minimum absolute atomic E-state index is 0.350. The number of hydrogen-bond acceptors (Lipinski definition) is 4. The zero-order valence-corrected chi connectivity index (χ0v) is 11.0. The Bertz CT molecular complexity index is 895. The number of nitrogens with one attached hydrogen (secondary N) is 1. The highest BCUT2D eigenvalue weighted by Gasteiger charge is 2.14. The van der Waals surface area contributed by atoms with Gasteiger partial charge in [-0.15, -0.1) is 0 Å². The van der Waals surface area contributed by atoms with Gasteiger partial charge in [0.2, 0.25) is 0 Å². The molecule has 21 heavy (non-hydrogen) atoms. The highest BCUT2D eigenvalue weighted by atomic mass is 16.5. The lowest BCUT2D eigenvalue weighted by molar-refractivity contribution is 0.0694. The fraction of sp³-hybridized carbons (Fsp3) is 0.0714. The number of methoxy groups -OCH3 is 1. The van der Waals surface area contributed by atoms with E-state index in [1.807, 2.05) is 12.1 Å². The smallest absolute Gasteiger partial charge is 0.343 e. The summed E-state index contributed by atoms with van der Waals surface area (Å²) in [4.78, 5) is 26.9. The molecule has 3 rings (SSSR count). The second-order valence-corrected chi connectivity index (χ2v) is 4.38. The van der Waals surface area contributed by atoms with Gasteiger partial charge in [0.05, 0.1) is 12.8 Å². The topological polar surface area (TPSA) is 96.7 Å². The van der Waals surface area contributed by atoms with Crippen molar-refractivity contribution in [1.82, 2.24) is 14.6 Å². The Labute approximate surface area is 118 Å². The van der Waals surface area contributed by atoms with Crippen LogP contribution in [0.5, 0.6) is 5.75 Å². The lowest BCUT2D eigenvalue weighted by Gasteiger charge is -2.01. The molecule has 2 heterocycles. The van der Waals surface area contributed by atoms with Gasteiger partial charge in [0, 0.05) is 17.8 Å².